The van der Waals surface area contributed by atoms with Crippen LogP contribution in [0.3, 0.4) is 0 Å². The number of hydroxylamine groups is 1. The summed E-state index contributed by atoms with van der Waals surface area (Å²) in [6, 6.07) is 7.00. The van der Waals surface area contributed by atoms with Gasteiger partial charge in [0.15, 0.2) is 6.29 Å². The van der Waals surface area contributed by atoms with Crippen molar-refractivity contribution in [3.05, 3.63) is 48.4 Å². The molecule has 1 aromatic carbocycles. The molecule has 3 fully saturated rings. The summed E-state index contributed by atoms with van der Waals surface area (Å²) < 4.78 is 58.8. The molecule has 4 atom stereocenters. The SMILES string of the molecule is COCC[C@@]12CC[C@H](CN(S(=O)(=O)c3ccc(Oc4ccc(F)cc4)nc3)[C@H]1C(=O)NOC1CCCCO1)N2. The minimum atomic E-state index is -4.15. The number of aromatic nitrogens is 1. The number of halogens is 1. The van der Waals surface area contributed by atoms with Crippen LogP contribution in [0.5, 0.6) is 11.6 Å². The van der Waals surface area contributed by atoms with Crippen LogP contribution in [0.1, 0.15) is 38.5 Å². The number of fused-ring (bicyclic) bond motifs is 2. The summed E-state index contributed by atoms with van der Waals surface area (Å²) in [4.78, 5) is 23.2. The summed E-state index contributed by atoms with van der Waals surface area (Å²) in [5.41, 5.74) is 1.66. The quantitative estimate of drug-likeness (QED) is 0.418. The highest BCUT2D eigenvalue weighted by molar-refractivity contribution is 7.89. The number of pyridine rings is 1. The van der Waals surface area contributed by atoms with Crippen LogP contribution in [0.25, 0.3) is 0 Å². The van der Waals surface area contributed by atoms with E-state index in [1.54, 1.807) is 7.11 Å². The van der Waals surface area contributed by atoms with Crippen molar-refractivity contribution in [2.24, 2.45) is 0 Å². The Hall–Kier alpha value is -2.68. The van der Waals surface area contributed by atoms with Crippen LogP contribution < -0.4 is 15.5 Å². The van der Waals surface area contributed by atoms with Gasteiger partial charge in [-0.2, -0.15) is 4.31 Å². The Morgan fingerprint density at radius 3 is 2.74 bits per heavy atom. The molecule has 1 aromatic heterocycles. The van der Waals surface area contributed by atoms with Crippen LogP contribution in [0.15, 0.2) is 47.5 Å². The number of sulfonamides is 1. The van der Waals surface area contributed by atoms with Gasteiger partial charge in [0.25, 0.3) is 5.91 Å². The van der Waals surface area contributed by atoms with Gasteiger partial charge in [-0.25, -0.2) is 28.1 Å². The third-order valence-corrected chi connectivity index (χ3v) is 9.24. The van der Waals surface area contributed by atoms with Crippen molar-refractivity contribution < 1.29 is 36.7 Å². The largest absolute Gasteiger partial charge is 0.439 e. The Morgan fingerprint density at radius 1 is 1.23 bits per heavy atom. The van der Waals surface area contributed by atoms with Gasteiger partial charge in [0.2, 0.25) is 15.9 Å². The zero-order valence-electron chi connectivity index (χ0n) is 21.7. The third kappa shape index (κ3) is 6.08. The first-order chi connectivity index (χ1) is 18.8. The van der Waals surface area contributed by atoms with E-state index in [0.29, 0.717) is 38.2 Å². The minimum absolute atomic E-state index is 0.0773. The predicted octanol–water partition coefficient (Wildman–Crippen LogP) is 2.49. The van der Waals surface area contributed by atoms with E-state index in [-0.39, 0.29) is 23.4 Å². The maximum Gasteiger partial charge on any atom is 0.263 e. The molecular formula is C26H33FN4O7S. The van der Waals surface area contributed by atoms with Gasteiger partial charge >= 0.3 is 0 Å². The number of ether oxygens (including phenoxy) is 3. The molecule has 3 aliphatic rings. The lowest BCUT2D eigenvalue weighted by atomic mass is 9.84. The predicted molar refractivity (Wildman–Crippen MR) is 137 cm³/mol. The molecule has 0 saturated carbocycles. The average Bonchev–Trinajstić information content (AvgIpc) is 3.28. The third-order valence-electron chi connectivity index (χ3n) is 7.42. The van der Waals surface area contributed by atoms with E-state index in [1.165, 1.54) is 46.9 Å². The van der Waals surface area contributed by atoms with Crippen molar-refractivity contribution in [2.45, 2.75) is 67.3 Å². The first-order valence-electron chi connectivity index (χ1n) is 13.1. The fourth-order valence-electron chi connectivity index (χ4n) is 5.49. The molecule has 1 amide bonds. The van der Waals surface area contributed by atoms with Gasteiger partial charge in [0.05, 0.1) is 6.20 Å². The standard InChI is InChI=1S/C26H33FN4O7S/c1-35-15-13-26-12-11-19(29-26)17-31(24(26)25(32)30-38-23-4-2-3-14-36-23)39(33,34)21-9-10-22(28-16-21)37-20-7-5-18(27)6-8-20/h5-10,16,19,23-24,29H,2-4,11-15,17H2,1H3,(H,30,32)/t19-,23?,24+,26+/m1/s1. The highest BCUT2D eigenvalue weighted by atomic mass is 32.2. The fraction of sp³-hybridized carbons (Fsp3) is 0.538. The number of nitrogens with zero attached hydrogens (tertiary/aromatic N) is 2. The summed E-state index contributed by atoms with van der Waals surface area (Å²) in [6.07, 6.45) is 4.86. The Kier molecular flexibility index (Phi) is 8.45. The maximum atomic E-state index is 13.9. The molecule has 0 aliphatic carbocycles. The van der Waals surface area contributed by atoms with Crippen molar-refractivity contribution in [3.63, 3.8) is 0 Å². The number of piperazine rings is 1. The van der Waals surface area contributed by atoms with Crippen molar-refractivity contribution in [1.29, 1.82) is 0 Å². The van der Waals surface area contributed by atoms with Crippen molar-refractivity contribution in [2.75, 3.05) is 26.9 Å². The lowest BCUT2D eigenvalue weighted by Gasteiger charge is -2.46. The molecule has 4 heterocycles. The lowest BCUT2D eigenvalue weighted by molar-refractivity contribution is -0.203. The molecule has 3 saturated heterocycles. The average molecular weight is 565 g/mol. The number of carbonyl (C=O) groups excluding carboxylic acids is 1. The monoisotopic (exact) mass is 564 g/mol. The summed E-state index contributed by atoms with van der Waals surface area (Å²) >= 11 is 0. The van der Waals surface area contributed by atoms with Gasteiger partial charge in [-0.3, -0.25) is 4.79 Å². The molecule has 1 unspecified atom stereocenters. The molecule has 13 heteroatoms. The topological polar surface area (TPSA) is 128 Å². The van der Waals surface area contributed by atoms with Gasteiger partial charge in [-0.05, 0) is 62.4 Å². The Balaban J connectivity index is 1.39. The number of benzene rings is 1. The smallest absolute Gasteiger partial charge is 0.263 e. The molecule has 2 aromatic rings. The maximum absolute atomic E-state index is 13.9. The van der Waals surface area contributed by atoms with Crippen molar-refractivity contribution in [1.82, 2.24) is 20.1 Å². The molecule has 5 rings (SSSR count). The number of nitrogens with one attached hydrogen (secondary N) is 2. The van der Waals surface area contributed by atoms with E-state index in [0.717, 1.165) is 19.3 Å². The highest BCUT2D eigenvalue weighted by Crippen LogP contribution is 2.40. The van der Waals surface area contributed by atoms with E-state index >= 15 is 0 Å². The number of hydrogen-bond donors (Lipinski definition) is 2. The van der Waals surface area contributed by atoms with Crippen LogP contribution in [0.2, 0.25) is 0 Å². The first kappa shape index (κ1) is 27.9. The minimum Gasteiger partial charge on any atom is -0.439 e. The van der Waals surface area contributed by atoms with Crippen LogP contribution in [-0.4, -0.2) is 74.4 Å². The number of carbonyl (C=O) groups is 1. The fourth-order valence-corrected chi connectivity index (χ4v) is 7.14. The zero-order valence-corrected chi connectivity index (χ0v) is 22.5. The van der Waals surface area contributed by atoms with E-state index in [9.17, 15) is 17.6 Å². The van der Waals surface area contributed by atoms with Crippen LogP contribution in [-0.2, 0) is 29.1 Å². The van der Waals surface area contributed by atoms with E-state index < -0.39 is 39.6 Å². The number of rotatable bonds is 10. The second-order valence-corrected chi connectivity index (χ2v) is 11.9. The Labute approximate surface area is 227 Å². The molecule has 0 spiro atoms. The van der Waals surface area contributed by atoms with Gasteiger partial charge < -0.3 is 19.5 Å². The van der Waals surface area contributed by atoms with Crippen LogP contribution in [0, 0.1) is 5.82 Å². The Morgan fingerprint density at radius 2 is 2.05 bits per heavy atom. The molecule has 2 N–H and O–H groups in total. The summed E-state index contributed by atoms with van der Waals surface area (Å²) in [6.45, 7) is 1.00. The van der Waals surface area contributed by atoms with Gasteiger partial charge in [-0.1, -0.05) is 0 Å². The second-order valence-electron chi connectivity index (χ2n) is 10.0. The highest BCUT2D eigenvalue weighted by Gasteiger charge is 2.57. The normalized spacial score (nSPS) is 27.3. The number of methoxy groups -OCH3 is 1. The molecule has 212 valence electrons. The van der Waals surface area contributed by atoms with Crippen molar-refractivity contribution >= 4 is 15.9 Å². The molecule has 2 bridgehead atoms. The van der Waals surface area contributed by atoms with Gasteiger partial charge in [0.1, 0.15) is 22.5 Å². The molecular weight excluding hydrogens is 531 g/mol. The second kappa shape index (κ2) is 11.8. The molecule has 3 aliphatic heterocycles. The van der Waals surface area contributed by atoms with E-state index in [1.807, 2.05) is 0 Å². The van der Waals surface area contributed by atoms with Crippen LogP contribution >= 0.6 is 0 Å². The summed E-state index contributed by atoms with van der Waals surface area (Å²) in [7, 11) is -2.58. The molecule has 11 nitrogen and oxygen atoms in total. The van der Waals surface area contributed by atoms with E-state index in [2.05, 4.69) is 15.8 Å². The lowest BCUT2D eigenvalue weighted by Crippen LogP contribution is -2.71. The molecule has 39 heavy (non-hydrogen) atoms. The van der Waals surface area contributed by atoms with E-state index in [4.69, 9.17) is 19.0 Å². The zero-order chi connectivity index (χ0) is 27.5. The summed E-state index contributed by atoms with van der Waals surface area (Å²) in [5.74, 6) is -0.467. The molecule has 0 radical (unpaired) electrons. The summed E-state index contributed by atoms with van der Waals surface area (Å²) in [5, 5.41) is 3.51. The number of amides is 1. The Bertz CT molecular complexity index is 1240. The first-order valence-corrected chi connectivity index (χ1v) is 14.5. The van der Waals surface area contributed by atoms with Crippen LogP contribution in [0.4, 0.5) is 4.39 Å². The van der Waals surface area contributed by atoms with Gasteiger partial charge in [0, 0.05) is 50.9 Å². The van der Waals surface area contributed by atoms with Gasteiger partial charge in [-0.15, -0.1) is 0 Å². The number of hydrogen-bond acceptors (Lipinski definition) is 9. The van der Waals surface area contributed by atoms with Crippen molar-refractivity contribution in [3.8, 4) is 11.6 Å².